The van der Waals surface area contributed by atoms with Gasteiger partial charge in [-0.2, -0.15) is 0 Å². The lowest BCUT2D eigenvalue weighted by molar-refractivity contribution is -0.887. The Bertz CT molecular complexity index is 102. The summed E-state index contributed by atoms with van der Waals surface area (Å²) < 4.78 is 0. The van der Waals surface area contributed by atoms with Crippen LogP contribution in [0.2, 0.25) is 0 Å². The topological polar surface area (TPSA) is 4.44 Å². The van der Waals surface area contributed by atoms with Gasteiger partial charge in [0.1, 0.15) is 0 Å². The molecule has 0 amide bonds. The van der Waals surface area contributed by atoms with Crippen LogP contribution in [-0.4, -0.2) is 20.1 Å². The van der Waals surface area contributed by atoms with Crippen LogP contribution in [0.1, 0.15) is 47.0 Å². The first-order valence-corrected chi connectivity index (χ1v) is 5.47. The fraction of sp³-hybridized carbons (Fsp3) is 1.00. The number of hydrogen-bond donors (Lipinski definition) is 1. The van der Waals surface area contributed by atoms with Gasteiger partial charge in [-0.25, -0.2) is 0 Å². The van der Waals surface area contributed by atoms with E-state index in [2.05, 4.69) is 20.9 Å². The Morgan fingerprint density at radius 3 is 1.92 bits per heavy atom. The van der Waals surface area contributed by atoms with Crippen LogP contribution in [0.25, 0.3) is 0 Å². The Kier molecular flexibility index (Phi) is 5.56. The standard InChI is InChI=1S/C9H19N.C2H6/c1-4-9(2)5-7-10(3)8-6-9;1-2/h4-8H2,1-3H3;1-2H3/p+1. The summed E-state index contributed by atoms with van der Waals surface area (Å²) in [7, 11) is 2.30. The second-order valence-electron chi connectivity index (χ2n) is 4.12. The van der Waals surface area contributed by atoms with Crippen molar-refractivity contribution in [1.82, 2.24) is 0 Å². The minimum atomic E-state index is 0.680. The van der Waals surface area contributed by atoms with E-state index in [9.17, 15) is 0 Å². The molecule has 0 saturated carbocycles. The number of piperidine rings is 1. The van der Waals surface area contributed by atoms with Gasteiger partial charge >= 0.3 is 0 Å². The van der Waals surface area contributed by atoms with Crippen molar-refractivity contribution in [3.63, 3.8) is 0 Å². The minimum absolute atomic E-state index is 0.680. The molecule has 0 spiro atoms. The molecule has 1 fully saturated rings. The average Bonchev–Trinajstić information content (AvgIpc) is 2.14. The molecule has 1 aliphatic heterocycles. The lowest BCUT2D eigenvalue weighted by Crippen LogP contribution is -3.10. The van der Waals surface area contributed by atoms with Crippen LogP contribution in [0.3, 0.4) is 0 Å². The molecule has 1 nitrogen and oxygen atoms in total. The summed E-state index contributed by atoms with van der Waals surface area (Å²) in [4.78, 5) is 1.71. The van der Waals surface area contributed by atoms with E-state index < -0.39 is 0 Å². The van der Waals surface area contributed by atoms with Crippen molar-refractivity contribution in [3.05, 3.63) is 0 Å². The molecule has 1 heteroatoms. The third-order valence-electron chi connectivity index (χ3n) is 3.16. The van der Waals surface area contributed by atoms with Gasteiger partial charge in [0.25, 0.3) is 0 Å². The third kappa shape index (κ3) is 3.57. The molecule has 1 aliphatic rings. The van der Waals surface area contributed by atoms with E-state index in [1.807, 2.05) is 13.8 Å². The Balaban J connectivity index is 0.000000561. The Labute approximate surface area is 78.1 Å². The smallest absolute Gasteiger partial charge is 0.0774 e. The zero-order valence-electron chi connectivity index (χ0n) is 9.54. The number of likely N-dealkylation sites (tertiary alicyclic amines) is 1. The molecule has 12 heavy (non-hydrogen) atoms. The van der Waals surface area contributed by atoms with Crippen molar-refractivity contribution in [2.45, 2.75) is 47.0 Å². The van der Waals surface area contributed by atoms with Crippen LogP contribution >= 0.6 is 0 Å². The lowest BCUT2D eigenvalue weighted by Gasteiger charge is -2.34. The molecular formula is C11H26N+. The lowest BCUT2D eigenvalue weighted by atomic mass is 9.78. The zero-order chi connectivity index (χ0) is 9.61. The first-order valence-electron chi connectivity index (χ1n) is 5.47. The maximum Gasteiger partial charge on any atom is 0.0774 e. The third-order valence-corrected chi connectivity index (χ3v) is 3.16. The molecule has 0 atom stereocenters. The van der Waals surface area contributed by atoms with Gasteiger partial charge in [0.15, 0.2) is 0 Å². The van der Waals surface area contributed by atoms with Crippen molar-refractivity contribution in [1.29, 1.82) is 0 Å². The van der Waals surface area contributed by atoms with Gasteiger partial charge in [-0.05, 0) is 5.41 Å². The highest BCUT2D eigenvalue weighted by Crippen LogP contribution is 2.29. The first kappa shape index (κ1) is 12.0. The molecule has 0 aliphatic carbocycles. The van der Waals surface area contributed by atoms with E-state index in [0.717, 1.165) is 0 Å². The molecule has 1 N–H and O–H groups in total. The van der Waals surface area contributed by atoms with Gasteiger partial charge in [0, 0.05) is 12.8 Å². The van der Waals surface area contributed by atoms with Crippen molar-refractivity contribution < 1.29 is 4.90 Å². The average molecular weight is 172 g/mol. The summed E-state index contributed by atoms with van der Waals surface area (Å²) in [6.07, 6.45) is 4.21. The SMILES string of the molecule is CC.CCC1(C)CC[NH+](C)CC1. The van der Waals surface area contributed by atoms with E-state index in [0.29, 0.717) is 5.41 Å². The fourth-order valence-corrected chi connectivity index (χ4v) is 1.63. The van der Waals surface area contributed by atoms with E-state index in [1.54, 1.807) is 4.90 Å². The van der Waals surface area contributed by atoms with E-state index in [-0.39, 0.29) is 0 Å². The molecule has 0 radical (unpaired) electrons. The summed E-state index contributed by atoms with van der Waals surface area (Å²) in [6.45, 7) is 11.5. The van der Waals surface area contributed by atoms with Gasteiger partial charge in [-0.1, -0.05) is 34.1 Å². The van der Waals surface area contributed by atoms with Crippen molar-refractivity contribution >= 4 is 0 Å². The zero-order valence-corrected chi connectivity index (χ0v) is 9.54. The minimum Gasteiger partial charge on any atom is -0.337 e. The molecule has 0 bridgehead atoms. The highest BCUT2D eigenvalue weighted by Gasteiger charge is 2.28. The van der Waals surface area contributed by atoms with Crippen LogP contribution in [0, 0.1) is 5.41 Å². The Morgan fingerprint density at radius 2 is 1.58 bits per heavy atom. The van der Waals surface area contributed by atoms with Gasteiger partial charge in [0.2, 0.25) is 0 Å². The maximum absolute atomic E-state index is 2.43. The maximum atomic E-state index is 2.43. The summed E-state index contributed by atoms with van der Waals surface area (Å²) in [6, 6.07) is 0. The summed E-state index contributed by atoms with van der Waals surface area (Å²) in [5, 5.41) is 0. The second-order valence-corrected chi connectivity index (χ2v) is 4.12. The number of rotatable bonds is 1. The van der Waals surface area contributed by atoms with Crippen LogP contribution < -0.4 is 4.90 Å². The molecule has 0 unspecified atom stereocenters. The van der Waals surface area contributed by atoms with E-state index in [4.69, 9.17) is 0 Å². The van der Waals surface area contributed by atoms with Crippen LogP contribution in [0.5, 0.6) is 0 Å². The highest BCUT2D eigenvalue weighted by atomic mass is 15.1. The quantitative estimate of drug-likeness (QED) is 0.614. The van der Waals surface area contributed by atoms with Gasteiger partial charge < -0.3 is 4.90 Å². The molecule has 74 valence electrons. The Hall–Kier alpha value is -0.0400. The predicted molar refractivity (Wildman–Crippen MR) is 55.6 cm³/mol. The van der Waals surface area contributed by atoms with Crippen LogP contribution in [0.15, 0.2) is 0 Å². The fourth-order valence-electron chi connectivity index (χ4n) is 1.63. The molecule has 0 aromatic heterocycles. The van der Waals surface area contributed by atoms with E-state index >= 15 is 0 Å². The van der Waals surface area contributed by atoms with Crippen LogP contribution in [0.4, 0.5) is 0 Å². The summed E-state index contributed by atoms with van der Waals surface area (Å²) in [5.41, 5.74) is 0.680. The highest BCUT2D eigenvalue weighted by molar-refractivity contribution is 4.73. The molecular weight excluding hydrogens is 146 g/mol. The first-order chi connectivity index (χ1) is 5.66. The van der Waals surface area contributed by atoms with Gasteiger partial charge in [-0.15, -0.1) is 0 Å². The van der Waals surface area contributed by atoms with Gasteiger partial charge in [-0.3, -0.25) is 0 Å². The molecule has 0 aromatic rings. The number of hydrogen-bond acceptors (Lipinski definition) is 0. The van der Waals surface area contributed by atoms with Crippen molar-refractivity contribution in [3.8, 4) is 0 Å². The molecule has 0 aromatic carbocycles. The monoisotopic (exact) mass is 172 g/mol. The largest absolute Gasteiger partial charge is 0.337 e. The number of quaternary nitrogens is 1. The van der Waals surface area contributed by atoms with Gasteiger partial charge in [0.05, 0.1) is 20.1 Å². The number of nitrogens with one attached hydrogen (secondary N) is 1. The predicted octanol–water partition coefficient (Wildman–Crippen LogP) is 1.74. The Morgan fingerprint density at radius 1 is 1.17 bits per heavy atom. The van der Waals surface area contributed by atoms with E-state index in [1.165, 1.54) is 32.4 Å². The molecule has 1 heterocycles. The summed E-state index contributed by atoms with van der Waals surface area (Å²) in [5.74, 6) is 0. The van der Waals surface area contributed by atoms with Crippen molar-refractivity contribution in [2.24, 2.45) is 5.41 Å². The summed E-state index contributed by atoms with van der Waals surface area (Å²) >= 11 is 0. The molecule has 1 saturated heterocycles. The molecule has 1 rings (SSSR count). The normalized spacial score (nSPS) is 35.2. The van der Waals surface area contributed by atoms with Crippen LogP contribution in [-0.2, 0) is 0 Å². The van der Waals surface area contributed by atoms with Crippen molar-refractivity contribution in [2.75, 3.05) is 20.1 Å². The second kappa shape index (κ2) is 5.58.